The molecule has 0 amide bonds. The van der Waals surface area contributed by atoms with Crippen molar-refractivity contribution in [1.82, 2.24) is 15.5 Å². The Balaban J connectivity index is 1.55. The number of hydrogen-bond donors (Lipinski definition) is 2. The van der Waals surface area contributed by atoms with Gasteiger partial charge in [0.15, 0.2) is 5.96 Å². The van der Waals surface area contributed by atoms with E-state index in [-0.39, 0.29) is 0 Å². The van der Waals surface area contributed by atoms with Gasteiger partial charge in [-0.25, -0.2) is 0 Å². The van der Waals surface area contributed by atoms with Gasteiger partial charge in [-0.15, -0.1) is 0 Å². The summed E-state index contributed by atoms with van der Waals surface area (Å²) in [5.41, 5.74) is 0.374. The SMILES string of the molecule is CCOC1CC(NC(=NC)NC2CN(C(C)C)CC2C)C12CCC2. The van der Waals surface area contributed by atoms with Gasteiger partial charge >= 0.3 is 0 Å². The first kappa shape index (κ1) is 18.0. The number of ether oxygens (including phenoxy) is 1. The molecule has 0 aromatic carbocycles. The Labute approximate surface area is 147 Å². The van der Waals surface area contributed by atoms with Gasteiger partial charge in [0.05, 0.1) is 6.10 Å². The van der Waals surface area contributed by atoms with Gasteiger partial charge < -0.3 is 15.4 Å². The molecule has 0 radical (unpaired) electrons. The van der Waals surface area contributed by atoms with Crippen LogP contribution < -0.4 is 10.6 Å². The molecule has 0 aromatic heterocycles. The summed E-state index contributed by atoms with van der Waals surface area (Å²) < 4.78 is 5.96. The van der Waals surface area contributed by atoms with Crippen molar-refractivity contribution in [3.8, 4) is 0 Å². The maximum Gasteiger partial charge on any atom is 0.191 e. The molecule has 1 heterocycles. The monoisotopic (exact) mass is 336 g/mol. The quantitative estimate of drug-likeness (QED) is 0.597. The lowest BCUT2D eigenvalue weighted by Gasteiger charge is -2.61. The molecule has 1 spiro atoms. The molecule has 4 atom stereocenters. The highest BCUT2D eigenvalue weighted by atomic mass is 16.5. The van der Waals surface area contributed by atoms with E-state index in [4.69, 9.17) is 4.74 Å². The summed E-state index contributed by atoms with van der Waals surface area (Å²) in [6, 6.07) is 1.62. The van der Waals surface area contributed by atoms with Crippen molar-refractivity contribution in [2.45, 2.75) is 77.6 Å². The van der Waals surface area contributed by atoms with Gasteiger partial charge in [0.2, 0.25) is 0 Å². The Hall–Kier alpha value is -0.810. The zero-order valence-electron chi connectivity index (χ0n) is 16.1. The third-order valence-electron chi connectivity index (χ3n) is 6.66. The second-order valence-corrected chi connectivity index (χ2v) is 8.31. The molecular weight excluding hydrogens is 300 g/mol. The number of nitrogens with one attached hydrogen (secondary N) is 2. The highest BCUT2D eigenvalue weighted by molar-refractivity contribution is 5.80. The van der Waals surface area contributed by atoms with E-state index in [1.165, 1.54) is 25.8 Å². The van der Waals surface area contributed by atoms with E-state index in [1.54, 1.807) is 0 Å². The topological polar surface area (TPSA) is 48.9 Å². The molecule has 0 bridgehead atoms. The number of hydrogen-bond acceptors (Lipinski definition) is 3. The van der Waals surface area contributed by atoms with Crippen molar-refractivity contribution >= 4 is 5.96 Å². The van der Waals surface area contributed by atoms with Crippen LogP contribution >= 0.6 is 0 Å². The fourth-order valence-corrected chi connectivity index (χ4v) is 4.77. The molecule has 1 aliphatic heterocycles. The van der Waals surface area contributed by atoms with Gasteiger partial charge in [0, 0.05) is 50.3 Å². The predicted molar refractivity (Wildman–Crippen MR) is 99.4 cm³/mol. The van der Waals surface area contributed by atoms with E-state index in [0.717, 1.165) is 25.5 Å². The Morgan fingerprint density at radius 3 is 2.54 bits per heavy atom. The summed E-state index contributed by atoms with van der Waals surface area (Å²) in [6.45, 7) is 12.1. The number of aliphatic imine (C=N–C) groups is 1. The molecule has 5 heteroatoms. The normalized spacial score (nSPS) is 35.8. The molecule has 5 nitrogen and oxygen atoms in total. The van der Waals surface area contributed by atoms with Crippen molar-refractivity contribution in [2.75, 3.05) is 26.7 Å². The second-order valence-electron chi connectivity index (χ2n) is 8.31. The minimum absolute atomic E-state index is 0.374. The molecule has 138 valence electrons. The zero-order valence-corrected chi connectivity index (χ0v) is 16.1. The Kier molecular flexibility index (Phi) is 5.40. The maximum absolute atomic E-state index is 5.96. The van der Waals surface area contributed by atoms with E-state index in [1.807, 2.05) is 7.05 Å². The number of likely N-dealkylation sites (tertiary alicyclic amines) is 1. The lowest BCUT2D eigenvalue weighted by Crippen LogP contribution is -2.69. The molecule has 3 aliphatic rings. The number of nitrogens with zero attached hydrogens (tertiary/aromatic N) is 2. The van der Waals surface area contributed by atoms with Crippen molar-refractivity contribution in [2.24, 2.45) is 16.3 Å². The van der Waals surface area contributed by atoms with Crippen LogP contribution in [0.25, 0.3) is 0 Å². The largest absolute Gasteiger partial charge is 0.378 e. The van der Waals surface area contributed by atoms with Gasteiger partial charge in [0.25, 0.3) is 0 Å². The molecule has 4 unspecified atom stereocenters. The summed E-state index contributed by atoms with van der Waals surface area (Å²) in [5, 5.41) is 7.40. The summed E-state index contributed by atoms with van der Waals surface area (Å²) in [5.74, 6) is 1.63. The summed E-state index contributed by atoms with van der Waals surface area (Å²) in [7, 11) is 1.89. The highest BCUT2D eigenvalue weighted by Crippen LogP contribution is 2.57. The van der Waals surface area contributed by atoms with Crippen LogP contribution in [0.1, 0.15) is 53.4 Å². The molecule has 0 aromatic rings. The van der Waals surface area contributed by atoms with Crippen LogP contribution in [0.4, 0.5) is 0 Å². The fourth-order valence-electron chi connectivity index (χ4n) is 4.77. The van der Waals surface area contributed by atoms with E-state index in [2.05, 4.69) is 48.2 Å². The summed E-state index contributed by atoms with van der Waals surface area (Å²) in [4.78, 5) is 7.06. The average Bonchev–Trinajstić information content (AvgIpc) is 2.84. The van der Waals surface area contributed by atoms with Crippen LogP contribution in [0.3, 0.4) is 0 Å². The fraction of sp³-hybridized carbons (Fsp3) is 0.947. The van der Waals surface area contributed by atoms with Crippen molar-refractivity contribution in [3.63, 3.8) is 0 Å². The van der Waals surface area contributed by atoms with Gasteiger partial charge in [-0.2, -0.15) is 0 Å². The lowest BCUT2D eigenvalue weighted by atomic mass is 9.51. The van der Waals surface area contributed by atoms with E-state index >= 15 is 0 Å². The lowest BCUT2D eigenvalue weighted by molar-refractivity contribution is -0.168. The Bertz CT molecular complexity index is 460. The predicted octanol–water partition coefficient (Wildman–Crippen LogP) is 2.23. The standard InChI is InChI=1S/C19H36N4O/c1-6-24-17-10-16(19(17)8-7-9-19)22-18(20-5)21-15-12-23(13(2)3)11-14(15)4/h13-17H,6-12H2,1-5H3,(H2,20,21,22). The zero-order chi connectivity index (χ0) is 17.3. The Morgan fingerprint density at radius 2 is 2.04 bits per heavy atom. The van der Waals surface area contributed by atoms with Gasteiger partial charge in [-0.05, 0) is 46.0 Å². The third kappa shape index (κ3) is 3.17. The first-order chi connectivity index (χ1) is 11.5. The maximum atomic E-state index is 5.96. The van der Waals surface area contributed by atoms with Crippen molar-refractivity contribution in [3.05, 3.63) is 0 Å². The highest BCUT2D eigenvalue weighted by Gasteiger charge is 2.59. The molecule has 3 fully saturated rings. The molecule has 2 saturated carbocycles. The molecule has 3 rings (SSSR count). The first-order valence-electron chi connectivity index (χ1n) is 9.85. The number of rotatable bonds is 5. The minimum Gasteiger partial charge on any atom is -0.378 e. The molecule has 1 saturated heterocycles. The van der Waals surface area contributed by atoms with Gasteiger partial charge in [-0.1, -0.05) is 13.3 Å². The third-order valence-corrected chi connectivity index (χ3v) is 6.66. The van der Waals surface area contributed by atoms with Gasteiger partial charge in [-0.3, -0.25) is 9.89 Å². The van der Waals surface area contributed by atoms with Crippen LogP contribution in [0, 0.1) is 11.3 Å². The van der Waals surface area contributed by atoms with Crippen LogP contribution in [-0.2, 0) is 4.74 Å². The van der Waals surface area contributed by atoms with Crippen LogP contribution in [0.5, 0.6) is 0 Å². The van der Waals surface area contributed by atoms with E-state index in [9.17, 15) is 0 Å². The molecule has 24 heavy (non-hydrogen) atoms. The smallest absolute Gasteiger partial charge is 0.191 e. The van der Waals surface area contributed by atoms with Crippen molar-refractivity contribution in [1.29, 1.82) is 0 Å². The summed E-state index contributed by atoms with van der Waals surface area (Å²) >= 11 is 0. The van der Waals surface area contributed by atoms with Crippen molar-refractivity contribution < 1.29 is 4.74 Å². The average molecular weight is 337 g/mol. The van der Waals surface area contributed by atoms with Crippen LogP contribution in [0.2, 0.25) is 0 Å². The molecular formula is C19H36N4O. The molecule has 2 aliphatic carbocycles. The number of guanidine groups is 1. The second kappa shape index (κ2) is 7.20. The van der Waals surface area contributed by atoms with Crippen LogP contribution in [-0.4, -0.2) is 61.8 Å². The van der Waals surface area contributed by atoms with E-state index < -0.39 is 0 Å². The van der Waals surface area contributed by atoms with Crippen LogP contribution in [0.15, 0.2) is 4.99 Å². The van der Waals surface area contributed by atoms with Gasteiger partial charge in [0.1, 0.15) is 0 Å². The first-order valence-corrected chi connectivity index (χ1v) is 9.85. The van der Waals surface area contributed by atoms with E-state index in [0.29, 0.717) is 35.6 Å². The minimum atomic E-state index is 0.374. The molecule has 2 N–H and O–H groups in total. The summed E-state index contributed by atoms with van der Waals surface area (Å²) in [6.07, 6.45) is 5.51. The Morgan fingerprint density at radius 1 is 1.29 bits per heavy atom.